The third-order valence-electron chi connectivity index (χ3n) is 3.45. The molecule has 0 unspecified atom stereocenters. The summed E-state index contributed by atoms with van der Waals surface area (Å²) in [6.07, 6.45) is 2.54. The lowest BCUT2D eigenvalue weighted by molar-refractivity contribution is 0.673. The Morgan fingerprint density at radius 2 is 2.29 bits per heavy atom. The summed E-state index contributed by atoms with van der Waals surface area (Å²) in [5, 5.41) is 6.30. The summed E-state index contributed by atoms with van der Waals surface area (Å²) >= 11 is 11.5. The predicted octanol–water partition coefficient (Wildman–Crippen LogP) is 4.45. The van der Waals surface area contributed by atoms with Gasteiger partial charge in [0.1, 0.15) is 5.82 Å². The van der Waals surface area contributed by atoms with Crippen molar-refractivity contribution in [1.29, 1.82) is 0 Å². The van der Waals surface area contributed by atoms with Crippen LogP contribution in [-0.4, -0.2) is 18.1 Å². The van der Waals surface area contributed by atoms with Gasteiger partial charge in [0, 0.05) is 34.4 Å². The Labute approximate surface area is 142 Å². The number of aromatic nitrogens is 1. The van der Waals surface area contributed by atoms with E-state index in [-0.39, 0.29) is 0 Å². The highest BCUT2D eigenvalue weighted by Crippen LogP contribution is 2.25. The van der Waals surface area contributed by atoms with Gasteiger partial charge in [0.2, 0.25) is 0 Å². The average molecular weight is 387 g/mol. The van der Waals surface area contributed by atoms with E-state index in [1.165, 1.54) is 17.7 Å². The fourth-order valence-electron chi connectivity index (χ4n) is 2.09. The Bertz CT molecular complexity index is 627. The molecule has 21 heavy (non-hydrogen) atoms. The summed E-state index contributed by atoms with van der Waals surface area (Å²) in [7, 11) is 2.06. The first-order valence-electron chi connectivity index (χ1n) is 6.94. The number of hydrogen-bond acceptors (Lipinski definition) is 4. The first kappa shape index (κ1) is 15.3. The molecule has 0 atom stereocenters. The van der Waals surface area contributed by atoms with Crippen LogP contribution in [0.5, 0.6) is 0 Å². The Balaban J connectivity index is 1.69. The molecule has 0 amide bonds. The highest BCUT2D eigenvalue weighted by molar-refractivity contribution is 9.10. The van der Waals surface area contributed by atoms with Gasteiger partial charge in [-0.3, -0.25) is 0 Å². The van der Waals surface area contributed by atoms with Crippen molar-refractivity contribution in [3.63, 3.8) is 0 Å². The molecule has 2 aromatic rings. The molecule has 0 aliphatic heterocycles. The molecule has 1 N–H and O–H groups in total. The lowest BCUT2D eigenvalue weighted by Gasteiger charge is -2.18. The van der Waals surface area contributed by atoms with E-state index >= 15 is 0 Å². The molecule has 0 bridgehead atoms. The van der Waals surface area contributed by atoms with Gasteiger partial charge >= 0.3 is 0 Å². The Morgan fingerprint density at radius 1 is 1.48 bits per heavy atom. The van der Waals surface area contributed by atoms with Gasteiger partial charge in [0.05, 0.1) is 17.3 Å². The molecular formula is C15H17BrClN3S. The second-order valence-corrected chi connectivity index (χ2v) is 7.66. The normalized spacial score (nSPS) is 14.4. The number of rotatable bonds is 6. The van der Waals surface area contributed by atoms with E-state index < -0.39 is 0 Å². The molecule has 3 nitrogen and oxygen atoms in total. The van der Waals surface area contributed by atoms with Gasteiger partial charge in [0.25, 0.3) is 0 Å². The van der Waals surface area contributed by atoms with Gasteiger partial charge < -0.3 is 10.2 Å². The fourth-order valence-corrected chi connectivity index (χ4v) is 3.76. The molecule has 1 saturated carbocycles. The maximum atomic E-state index is 6.24. The van der Waals surface area contributed by atoms with Gasteiger partial charge in [-0.2, -0.15) is 0 Å². The van der Waals surface area contributed by atoms with E-state index in [1.54, 1.807) is 11.3 Å². The van der Waals surface area contributed by atoms with E-state index in [4.69, 9.17) is 16.6 Å². The molecule has 2 heterocycles. The van der Waals surface area contributed by atoms with Crippen molar-refractivity contribution in [2.45, 2.75) is 32.0 Å². The SMILES string of the molecule is CN(Cc1cc(Br)cs1)c1ccc(Cl)c(CNC2CC2)n1. The van der Waals surface area contributed by atoms with Crippen molar-refractivity contribution in [1.82, 2.24) is 10.3 Å². The number of pyridine rings is 1. The van der Waals surface area contributed by atoms with Crippen molar-refractivity contribution in [3.8, 4) is 0 Å². The van der Waals surface area contributed by atoms with Gasteiger partial charge in [0.15, 0.2) is 0 Å². The molecule has 2 aromatic heterocycles. The summed E-state index contributed by atoms with van der Waals surface area (Å²) < 4.78 is 1.13. The van der Waals surface area contributed by atoms with Crippen molar-refractivity contribution >= 4 is 44.7 Å². The molecule has 0 radical (unpaired) electrons. The Kier molecular flexibility index (Phi) is 4.84. The summed E-state index contributed by atoms with van der Waals surface area (Å²) in [5.41, 5.74) is 0.931. The number of nitrogens with one attached hydrogen (secondary N) is 1. The number of thiophene rings is 1. The van der Waals surface area contributed by atoms with E-state index in [9.17, 15) is 0 Å². The zero-order valence-electron chi connectivity index (χ0n) is 11.8. The molecule has 3 rings (SSSR count). The molecule has 1 fully saturated rings. The standard InChI is InChI=1S/C15H17BrClN3S/c1-20(8-12-6-10(16)9-21-12)15-5-4-13(17)14(19-15)7-18-11-2-3-11/h4-6,9,11,18H,2-3,7-8H2,1H3. The van der Waals surface area contributed by atoms with Crippen LogP contribution in [0.1, 0.15) is 23.4 Å². The van der Waals surface area contributed by atoms with Gasteiger partial charge in [-0.15, -0.1) is 11.3 Å². The minimum Gasteiger partial charge on any atom is -0.355 e. The maximum Gasteiger partial charge on any atom is 0.129 e. The number of nitrogens with zero attached hydrogens (tertiary/aromatic N) is 2. The van der Waals surface area contributed by atoms with E-state index in [1.807, 2.05) is 12.1 Å². The predicted molar refractivity (Wildman–Crippen MR) is 93.2 cm³/mol. The number of anilines is 1. The van der Waals surface area contributed by atoms with E-state index in [0.717, 1.165) is 34.1 Å². The van der Waals surface area contributed by atoms with Crippen LogP contribution < -0.4 is 10.2 Å². The van der Waals surface area contributed by atoms with Crippen molar-refractivity contribution in [2.75, 3.05) is 11.9 Å². The molecule has 6 heteroatoms. The van der Waals surface area contributed by atoms with Crippen molar-refractivity contribution < 1.29 is 0 Å². The van der Waals surface area contributed by atoms with Crippen LogP contribution in [0.15, 0.2) is 28.1 Å². The van der Waals surface area contributed by atoms with Gasteiger partial charge in [-0.1, -0.05) is 11.6 Å². The quantitative estimate of drug-likeness (QED) is 0.795. The lowest BCUT2D eigenvalue weighted by atomic mass is 10.3. The van der Waals surface area contributed by atoms with Crippen LogP contribution in [0.25, 0.3) is 0 Å². The Morgan fingerprint density at radius 3 is 2.95 bits per heavy atom. The smallest absolute Gasteiger partial charge is 0.129 e. The monoisotopic (exact) mass is 385 g/mol. The maximum absolute atomic E-state index is 6.24. The number of halogens is 2. The molecule has 0 saturated heterocycles. The van der Waals surface area contributed by atoms with Crippen LogP contribution in [0.2, 0.25) is 5.02 Å². The van der Waals surface area contributed by atoms with Gasteiger partial charge in [-0.05, 0) is 47.0 Å². The first-order chi connectivity index (χ1) is 10.1. The zero-order valence-corrected chi connectivity index (χ0v) is 14.9. The Hall–Kier alpha value is -0.620. The largest absolute Gasteiger partial charge is 0.355 e. The minimum atomic E-state index is 0.660. The van der Waals surface area contributed by atoms with Crippen molar-refractivity contribution in [3.05, 3.63) is 43.6 Å². The highest BCUT2D eigenvalue weighted by atomic mass is 79.9. The van der Waals surface area contributed by atoms with E-state index in [0.29, 0.717) is 6.04 Å². The highest BCUT2D eigenvalue weighted by Gasteiger charge is 2.21. The zero-order chi connectivity index (χ0) is 14.8. The third kappa shape index (κ3) is 4.19. The van der Waals surface area contributed by atoms with Crippen molar-refractivity contribution in [2.24, 2.45) is 0 Å². The molecule has 0 aromatic carbocycles. The topological polar surface area (TPSA) is 28.2 Å². The fraction of sp³-hybridized carbons (Fsp3) is 0.400. The third-order valence-corrected chi connectivity index (χ3v) is 5.47. The molecule has 1 aliphatic carbocycles. The summed E-state index contributed by atoms with van der Waals surface area (Å²) in [5.74, 6) is 0.955. The van der Waals surface area contributed by atoms with Gasteiger partial charge in [-0.25, -0.2) is 4.98 Å². The van der Waals surface area contributed by atoms with Crippen LogP contribution in [-0.2, 0) is 13.1 Å². The van der Waals surface area contributed by atoms with Crippen LogP contribution in [0, 0.1) is 0 Å². The van der Waals surface area contributed by atoms with Crippen LogP contribution in [0.3, 0.4) is 0 Å². The lowest BCUT2D eigenvalue weighted by Crippen LogP contribution is -2.20. The second-order valence-electron chi connectivity index (χ2n) is 5.34. The van der Waals surface area contributed by atoms with Crippen LogP contribution in [0.4, 0.5) is 5.82 Å². The van der Waals surface area contributed by atoms with E-state index in [2.05, 4.69) is 44.6 Å². The minimum absolute atomic E-state index is 0.660. The first-order valence-corrected chi connectivity index (χ1v) is 9.00. The molecule has 112 valence electrons. The molecular weight excluding hydrogens is 370 g/mol. The average Bonchev–Trinajstić information content (AvgIpc) is 3.20. The number of hydrogen-bond donors (Lipinski definition) is 1. The summed E-state index contributed by atoms with van der Waals surface area (Å²) in [4.78, 5) is 8.15. The summed E-state index contributed by atoms with van der Waals surface area (Å²) in [6.45, 7) is 1.59. The molecule has 0 spiro atoms. The van der Waals surface area contributed by atoms with Crippen LogP contribution >= 0.6 is 38.9 Å². The second kappa shape index (κ2) is 6.65. The molecule has 1 aliphatic rings. The summed E-state index contributed by atoms with van der Waals surface area (Å²) in [6, 6.07) is 6.72.